The quantitative estimate of drug-likeness (QED) is 0.102. The van der Waals surface area contributed by atoms with Crippen molar-refractivity contribution in [2.24, 2.45) is 0 Å². The van der Waals surface area contributed by atoms with Crippen molar-refractivity contribution in [2.75, 3.05) is 9.80 Å². The first kappa shape index (κ1) is 59.2. The van der Waals surface area contributed by atoms with E-state index in [1.54, 1.807) is 0 Å². The Morgan fingerprint density at radius 2 is 0.350 bits per heavy atom. The first-order valence-electron chi connectivity index (χ1n) is 34.3. The Bertz CT molecular complexity index is 5850. The summed E-state index contributed by atoms with van der Waals surface area (Å²) in [6.07, 6.45) is 0. The maximum absolute atomic E-state index is 2.37. The molecule has 100 heavy (non-hydrogen) atoms. The summed E-state index contributed by atoms with van der Waals surface area (Å²) in [6.45, 7) is 0. The van der Waals surface area contributed by atoms with E-state index in [9.17, 15) is 0 Å². The van der Waals surface area contributed by atoms with Gasteiger partial charge in [0.2, 0.25) is 0 Å². The van der Waals surface area contributed by atoms with Crippen LogP contribution in [-0.4, -0.2) is 9.13 Å². The fourth-order valence-electron chi connectivity index (χ4n) is 14.8. The fraction of sp³-hybridized carbons (Fsp3) is 0. The van der Waals surface area contributed by atoms with Crippen LogP contribution >= 0.6 is 0 Å². The Morgan fingerprint density at radius 3 is 0.670 bits per heavy atom. The van der Waals surface area contributed by atoms with Gasteiger partial charge < -0.3 is 18.9 Å². The third kappa shape index (κ3) is 11.2. The summed E-state index contributed by atoms with van der Waals surface area (Å²) in [6, 6.07) is 146. The van der Waals surface area contributed by atoms with Crippen LogP contribution in [0.15, 0.2) is 400 Å². The number of hydrogen-bond donors (Lipinski definition) is 0. The van der Waals surface area contributed by atoms with Crippen LogP contribution in [0.5, 0.6) is 0 Å². The molecule has 0 saturated carbocycles. The molecule has 4 heteroatoms. The first-order valence-corrected chi connectivity index (χ1v) is 34.3. The average Bonchev–Trinajstić information content (AvgIpc) is 1.60. The predicted octanol–water partition coefficient (Wildman–Crippen LogP) is 26.5. The van der Waals surface area contributed by atoms with Gasteiger partial charge in [-0.05, 0) is 211 Å². The minimum Gasteiger partial charge on any atom is -0.311 e. The van der Waals surface area contributed by atoms with Gasteiger partial charge in [0.05, 0.1) is 22.1 Å². The van der Waals surface area contributed by atoms with Gasteiger partial charge in [0.1, 0.15) is 0 Å². The zero-order valence-corrected chi connectivity index (χ0v) is 54.9. The lowest BCUT2D eigenvalue weighted by Crippen LogP contribution is -2.10. The summed E-state index contributed by atoms with van der Waals surface area (Å²) >= 11 is 0. The molecule has 0 saturated heterocycles. The van der Waals surface area contributed by atoms with Crippen LogP contribution in [0.4, 0.5) is 34.1 Å². The molecule has 0 bridgehead atoms. The Hall–Kier alpha value is -13.3. The molecule has 0 N–H and O–H groups in total. The smallest absolute Gasteiger partial charge is 0.0541 e. The van der Waals surface area contributed by atoms with Gasteiger partial charge in [0.15, 0.2) is 0 Å². The third-order valence-corrected chi connectivity index (χ3v) is 19.7. The van der Waals surface area contributed by atoms with Crippen molar-refractivity contribution in [3.05, 3.63) is 400 Å². The standard InChI is InChI=1S/C96H66N4/c1-3-18-67(19-4-1)69-36-50-81(51-37-69)97(82-52-38-70(39-53-82)72-42-60-86(61-43-72)99-93-32-11-7-28-89(93)90-29-8-12-33-94(90)99)83-56-46-74(47-57-83)76-22-15-24-78(64-76)79-25-16-23-77(65-79)75-48-58-85(59-49-75)98(88-27-17-26-80(66-88)68-20-5-2-6-21-68)84-54-40-71(41-55-84)73-44-62-87(63-45-73)100-95-34-13-9-30-91(95)92-31-10-14-35-96(92)100/h1-66H. The lowest BCUT2D eigenvalue weighted by atomic mass is 9.96. The second kappa shape index (κ2) is 25.7. The summed E-state index contributed by atoms with van der Waals surface area (Å²) in [7, 11) is 0. The lowest BCUT2D eigenvalue weighted by Gasteiger charge is -2.26. The van der Waals surface area contributed by atoms with Gasteiger partial charge in [-0.15, -0.1) is 0 Å². The maximum Gasteiger partial charge on any atom is 0.0541 e. The molecule has 0 amide bonds. The predicted molar refractivity (Wildman–Crippen MR) is 423 cm³/mol. The molecule has 0 atom stereocenters. The number of para-hydroxylation sites is 4. The summed E-state index contributed by atoms with van der Waals surface area (Å²) in [5.74, 6) is 0. The SMILES string of the molecule is c1ccc(-c2ccc(N(c3ccc(-c4ccc(-n5c6ccccc6c6ccccc65)cc4)cc3)c3ccc(-c4cccc(-c5cccc(-c6ccc(N(c7ccc(-c8ccc(-n9c%10ccccc%10c%10ccccc%109)cc8)cc7)c7cccc(-c8ccccc8)c7)cc6)c5)c4)cc3)cc2)cc1. The highest BCUT2D eigenvalue weighted by atomic mass is 15.1. The van der Waals surface area contributed by atoms with E-state index in [1.807, 2.05) is 0 Å². The minimum absolute atomic E-state index is 1.07. The first-order chi connectivity index (χ1) is 49.6. The normalized spacial score (nSPS) is 11.4. The van der Waals surface area contributed by atoms with Crippen LogP contribution in [0.25, 0.3) is 133 Å². The molecule has 0 unspecified atom stereocenters. The highest BCUT2D eigenvalue weighted by molar-refractivity contribution is 6.10. The number of aromatic nitrogens is 2. The van der Waals surface area contributed by atoms with Gasteiger partial charge in [-0.2, -0.15) is 0 Å². The van der Waals surface area contributed by atoms with E-state index in [-0.39, 0.29) is 0 Å². The van der Waals surface area contributed by atoms with E-state index in [4.69, 9.17) is 0 Å². The third-order valence-electron chi connectivity index (χ3n) is 19.7. The van der Waals surface area contributed by atoms with E-state index in [2.05, 4.69) is 419 Å². The van der Waals surface area contributed by atoms with Crippen molar-refractivity contribution in [3.63, 3.8) is 0 Å². The van der Waals surface area contributed by atoms with Crippen molar-refractivity contribution in [1.82, 2.24) is 9.13 Å². The second-order valence-corrected chi connectivity index (χ2v) is 25.7. The molecule has 0 fully saturated rings. The molecule has 2 aromatic heterocycles. The molecule has 0 radical (unpaired) electrons. The largest absolute Gasteiger partial charge is 0.311 e. The van der Waals surface area contributed by atoms with Crippen LogP contribution in [0.3, 0.4) is 0 Å². The molecule has 0 aliphatic carbocycles. The second-order valence-electron chi connectivity index (χ2n) is 25.7. The summed E-state index contributed by atoms with van der Waals surface area (Å²) in [5, 5.41) is 5.05. The van der Waals surface area contributed by atoms with Crippen molar-refractivity contribution in [3.8, 4) is 89.3 Å². The van der Waals surface area contributed by atoms with E-state index in [1.165, 1.54) is 77.0 Å². The molecule has 0 spiro atoms. The highest BCUT2D eigenvalue weighted by Gasteiger charge is 2.19. The van der Waals surface area contributed by atoms with Gasteiger partial charge in [0.25, 0.3) is 0 Å². The molecule has 0 aliphatic heterocycles. The molecule has 2 heterocycles. The van der Waals surface area contributed by atoms with E-state index < -0.39 is 0 Å². The van der Waals surface area contributed by atoms with Gasteiger partial charge in [0, 0.05) is 67.0 Å². The van der Waals surface area contributed by atoms with E-state index >= 15 is 0 Å². The van der Waals surface area contributed by atoms with Gasteiger partial charge in [-0.25, -0.2) is 0 Å². The van der Waals surface area contributed by atoms with Crippen LogP contribution in [0.2, 0.25) is 0 Å². The maximum atomic E-state index is 2.37. The van der Waals surface area contributed by atoms with Crippen LogP contribution in [-0.2, 0) is 0 Å². The molecular formula is C96H66N4. The Kier molecular flexibility index (Phi) is 15.2. The molecular weight excluding hydrogens is 1210 g/mol. The van der Waals surface area contributed by atoms with Crippen molar-refractivity contribution >= 4 is 77.7 Å². The molecule has 16 aromatic carbocycles. The summed E-state index contributed by atoms with van der Waals surface area (Å²) in [4.78, 5) is 4.72. The van der Waals surface area contributed by atoms with Crippen molar-refractivity contribution in [1.29, 1.82) is 0 Å². The van der Waals surface area contributed by atoms with Gasteiger partial charge in [-0.3, -0.25) is 0 Å². The number of benzene rings is 16. The number of hydrogen-bond acceptors (Lipinski definition) is 2. The number of anilines is 6. The zero-order valence-electron chi connectivity index (χ0n) is 54.9. The van der Waals surface area contributed by atoms with Crippen LogP contribution in [0, 0.1) is 0 Å². The molecule has 470 valence electrons. The topological polar surface area (TPSA) is 16.3 Å². The molecule has 4 nitrogen and oxygen atoms in total. The summed E-state index contributed by atoms with van der Waals surface area (Å²) < 4.78 is 4.74. The average molecular weight is 1280 g/mol. The fourth-order valence-corrected chi connectivity index (χ4v) is 14.8. The lowest BCUT2D eigenvalue weighted by molar-refractivity contribution is 1.18. The molecule has 18 rings (SSSR count). The Morgan fingerprint density at radius 1 is 0.140 bits per heavy atom. The summed E-state index contributed by atoms with van der Waals surface area (Å²) in [5.41, 5.74) is 29.9. The number of rotatable bonds is 15. The van der Waals surface area contributed by atoms with Crippen LogP contribution < -0.4 is 9.80 Å². The van der Waals surface area contributed by atoms with Gasteiger partial charge >= 0.3 is 0 Å². The zero-order chi connectivity index (χ0) is 66.3. The highest BCUT2D eigenvalue weighted by Crippen LogP contribution is 2.43. The molecule has 0 aliphatic rings. The minimum atomic E-state index is 1.07. The number of fused-ring (bicyclic) bond motifs is 6. The van der Waals surface area contributed by atoms with Crippen molar-refractivity contribution in [2.45, 2.75) is 0 Å². The molecule has 18 aromatic rings. The Labute approximate surface area is 582 Å². The van der Waals surface area contributed by atoms with Crippen molar-refractivity contribution < 1.29 is 0 Å². The van der Waals surface area contributed by atoms with E-state index in [0.717, 1.165) is 90.0 Å². The Balaban J connectivity index is 0.613. The van der Waals surface area contributed by atoms with Gasteiger partial charge in [-0.1, -0.05) is 267 Å². The van der Waals surface area contributed by atoms with Crippen LogP contribution in [0.1, 0.15) is 0 Å². The number of nitrogens with zero attached hydrogens (tertiary/aromatic N) is 4. The van der Waals surface area contributed by atoms with E-state index in [0.29, 0.717) is 0 Å². The monoisotopic (exact) mass is 1270 g/mol.